The number of benzene rings is 2. The normalized spacial score (nSPS) is 10.3. The van der Waals surface area contributed by atoms with Crippen molar-refractivity contribution in [3.8, 4) is 0 Å². The maximum atomic E-state index is 13.2. The van der Waals surface area contributed by atoms with E-state index in [1.165, 1.54) is 18.2 Å². The number of anilines is 2. The molecule has 0 aliphatic heterocycles. The highest BCUT2D eigenvalue weighted by atomic mass is 79.9. The second kappa shape index (κ2) is 5.40. The average Bonchev–Trinajstić information content (AvgIpc) is 2.36. The van der Waals surface area contributed by atoms with Crippen LogP contribution in [0.3, 0.4) is 0 Å². The lowest BCUT2D eigenvalue weighted by Gasteiger charge is -2.10. The van der Waals surface area contributed by atoms with Crippen LogP contribution in [0.4, 0.5) is 15.8 Å². The molecule has 98 valence electrons. The van der Waals surface area contributed by atoms with Gasteiger partial charge in [0, 0.05) is 4.47 Å². The lowest BCUT2D eigenvalue weighted by atomic mass is 10.1. The molecule has 0 atom stereocenters. The summed E-state index contributed by atoms with van der Waals surface area (Å²) in [6, 6.07) is 9.27. The predicted octanol–water partition coefficient (Wildman–Crippen LogP) is 3.73. The summed E-state index contributed by atoms with van der Waals surface area (Å²) in [6.45, 7) is 1.90. The van der Waals surface area contributed by atoms with Gasteiger partial charge in [-0.2, -0.15) is 0 Å². The highest BCUT2D eigenvalue weighted by Crippen LogP contribution is 2.23. The summed E-state index contributed by atoms with van der Waals surface area (Å²) < 4.78 is 13.7. The van der Waals surface area contributed by atoms with Gasteiger partial charge in [0.05, 0.1) is 16.9 Å². The second-order valence-electron chi connectivity index (χ2n) is 4.17. The van der Waals surface area contributed by atoms with Crippen molar-refractivity contribution in [1.29, 1.82) is 0 Å². The summed E-state index contributed by atoms with van der Waals surface area (Å²) in [5.74, 6) is -0.880. The van der Waals surface area contributed by atoms with Gasteiger partial charge in [-0.15, -0.1) is 0 Å². The number of halogens is 2. The summed E-state index contributed by atoms with van der Waals surface area (Å²) in [4.78, 5) is 12.1. The number of nitrogen functional groups attached to an aromatic ring is 1. The number of aryl methyl sites for hydroxylation is 1. The van der Waals surface area contributed by atoms with Gasteiger partial charge in [-0.3, -0.25) is 4.79 Å². The molecule has 0 radical (unpaired) electrons. The molecule has 0 bridgehead atoms. The van der Waals surface area contributed by atoms with Crippen molar-refractivity contribution in [2.24, 2.45) is 0 Å². The minimum absolute atomic E-state index is 0.223. The van der Waals surface area contributed by atoms with Gasteiger partial charge in [-0.05, 0) is 58.7 Å². The molecule has 0 spiro atoms. The van der Waals surface area contributed by atoms with Gasteiger partial charge < -0.3 is 11.1 Å². The first-order valence-electron chi connectivity index (χ1n) is 5.60. The van der Waals surface area contributed by atoms with Crippen molar-refractivity contribution < 1.29 is 9.18 Å². The molecule has 3 nitrogen and oxygen atoms in total. The molecule has 2 aromatic rings. The largest absolute Gasteiger partial charge is 0.397 e. The second-order valence-corrected chi connectivity index (χ2v) is 5.02. The highest BCUT2D eigenvalue weighted by molar-refractivity contribution is 9.10. The zero-order chi connectivity index (χ0) is 14.0. The lowest BCUT2D eigenvalue weighted by molar-refractivity contribution is 0.102. The number of carbonyl (C=O) groups excluding carboxylic acids is 1. The van der Waals surface area contributed by atoms with Crippen LogP contribution in [-0.2, 0) is 0 Å². The molecule has 2 aromatic carbocycles. The maximum absolute atomic E-state index is 13.2. The smallest absolute Gasteiger partial charge is 0.256 e. The molecule has 0 unspecified atom stereocenters. The van der Waals surface area contributed by atoms with Crippen molar-refractivity contribution >= 4 is 33.2 Å². The van der Waals surface area contributed by atoms with Crippen molar-refractivity contribution in [3.63, 3.8) is 0 Å². The van der Waals surface area contributed by atoms with Crippen molar-refractivity contribution in [3.05, 3.63) is 57.8 Å². The van der Waals surface area contributed by atoms with E-state index in [9.17, 15) is 9.18 Å². The molecule has 0 aromatic heterocycles. The molecule has 5 heteroatoms. The van der Waals surface area contributed by atoms with Crippen LogP contribution in [0.5, 0.6) is 0 Å². The van der Waals surface area contributed by atoms with E-state index >= 15 is 0 Å². The quantitative estimate of drug-likeness (QED) is 0.828. The van der Waals surface area contributed by atoms with E-state index in [1.807, 2.05) is 13.0 Å². The van der Waals surface area contributed by atoms with E-state index in [-0.39, 0.29) is 5.56 Å². The molecule has 3 N–H and O–H groups in total. The Bertz CT molecular complexity index is 643. The molecule has 0 aliphatic carbocycles. The van der Waals surface area contributed by atoms with Crippen LogP contribution in [0.1, 0.15) is 15.9 Å². The van der Waals surface area contributed by atoms with Crippen LogP contribution >= 0.6 is 15.9 Å². The van der Waals surface area contributed by atoms with Crippen LogP contribution in [0.25, 0.3) is 0 Å². The predicted molar refractivity (Wildman–Crippen MR) is 77.6 cm³/mol. The van der Waals surface area contributed by atoms with Crippen molar-refractivity contribution in [2.45, 2.75) is 6.92 Å². The van der Waals surface area contributed by atoms with Gasteiger partial charge in [0.2, 0.25) is 0 Å². The number of amides is 1. The van der Waals surface area contributed by atoms with Crippen LogP contribution < -0.4 is 11.1 Å². The lowest BCUT2D eigenvalue weighted by Crippen LogP contribution is -2.14. The number of carbonyl (C=O) groups is 1. The first kappa shape index (κ1) is 13.5. The molecule has 2 rings (SSSR count). The molecule has 0 saturated carbocycles. The minimum Gasteiger partial charge on any atom is -0.397 e. The fourth-order valence-electron chi connectivity index (χ4n) is 1.64. The molecule has 0 fully saturated rings. The maximum Gasteiger partial charge on any atom is 0.256 e. The Labute approximate surface area is 118 Å². The van der Waals surface area contributed by atoms with Gasteiger partial charge in [-0.1, -0.05) is 6.07 Å². The first-order valence-corrected chi connectivity index (χ1v) is 6.39. The Morgan fingerprint density at radius 1 is 1.26 bits per heavy atom. The van der Waals surface area contributed by atoms with Gasteiger partial charge in [0.25, 0.3) is 5.91 Å². The number of rotatable bonds is 2. The van der Waals surface area contributed by atoms with Crippen LogP contribution in [0.15, 0.2) is 40.9 Å². The van der Waals surface area contributed by atoms with Crippen LogP contribution in [-0.4, -0.2) is 5.91 Å². The number of hydrogen-bond donors (Lipinski definition) is 2. The van der Waals surface area contributed by atoms with Gasteiger partial charge in [-0.25, -0.2) is 4.39 Å². The summed E-state index contributed by atoms with van der Waals surface area (Å²) in [7, 11) is 0. The summed E-state index contributed by atoms with van der Waals surface area (Å²) in [6.07, 6.45) is 0. The fraction of sp³-hybridized carbons (Fsp3) is 0.0714. The number of hydrogen-bond acceptors (Lipinski definition) is 2. The molecular weight excluding hydrogens is 311 g/mol. The highest BCUT2D eigenvalue weighted by Gasteiger charge is 2.12. The minimum atomic E-state index is -0.467. The van der Waals surface area contributed by atoms with Crippen molar-refractivity contribution in [1.82, 2.24) is 0 Å². The summed E-state index contributed by atoms with van der Waals surface area (Å²) in [5.41, 5.74) is 7.96. The van der Waals surface area contributed by atoms with Gasteiger partial charge in [0.15, 0.2) is 0 Å². The first-order chi connectivity index (χ1) is 8.97. The van der Waals surface area contributed by atoms with E-state index in [4.69, 9.17) is 5.73 Å². The molecule has 0 aliphatic rings. The Balaban J connectivity index is 2.30. The standard InChI is InChI=1S/C14H12BrFN2O/c1-8-2-5-12(17)13(6-8)18-14(19)10-7-9(16)3-4-11(10)15/h2-7H,17H2,1H3,(H,18,19). The Kier molecular flexibility index (Phi) is 3.85. The topological polar surface area (TPSA) is 55.1 Å². The molecule has 19 heavy (non-hydrogen) atoms. The van der Waals surface area contributed by atoms with E-state index in [2.05, 4.69) is 21.2 Å². The SMILES string of the molecule is Cc1ccc(N)c(NC(=O)c2cc(F)ccc2Br)c1. The van der Waals surface area contributed by atoms with Gasteiger partial charge >= 0.3 is 0 Å². The monoisotopic (exact) mass is 322 g/mol. The number of nitrogens with one attached hydrogen (secondary N) is 1. The molecule has 0 heterocycles. The Morgan fingerprint density at radius 2 is 2.00 bits per heavy atom. The van der Waals surface area contributed by atoms with Crippen LogP contribution in [0.2, 0.25) is 0 Å². The summed E-state index contributed by atoms with van der Waals surface area (Å²) in [5, 5.41) is 2.67. The third kappa shape index (κ3) is 3.12. The number of nitrogens with two attached hydrogens (primary N) is 1. The third-order valence-corrected chi connectivity index (χ3v) is 3.32. The van der Waals surface area contributed by atoms with E-state index in [0.29, 0.717) is 15.8 Å². The Morgan fingerprint density at radius 3 is 2.74 bits per heavy atom. The fourth-order valence-corrected chi connectivity index (χ4v) is 2.07. The summed E-state index contributed by atoms with van der Waals surface area (Å²) >= 11 is 3.22. The molecule has 1 amide bonds. The van der Waals surface area contributed by atoms with E-state index in [1.54, 1.807) is 12.1 Å². The molecule has 0 saturated heterocycles. The third-order valence-electron chi connectivity index (χ3n) is 2.63. The van der Waals surface area contributed by atoms with Crippen LogP contribution in [0, 0.1) is 12.7 Å². The Hall–Kier alpha value is -1.88. The van der Waals surface area contributed by atoms with E-state index < -0.39 is 11.7 Å². The van der Waals surface area contributed by atoms with Gasteiger partial charge in [0.1, 0.15) is 5.82 Å². The van der Waals surface area contributed by atoms with Crippen molar-refractivity contribution in [2.75, 3.05) is 11.1 Å². The zero-order valence-corrected chi connectivity index (χ0v) is 11.8. The zero-order valence-electron chi connectivity index (χ0n) is 10.2. The van der Waals surface area contributed by atoms with E-state index in [0.717, 1.165) is 5.56 Å². The average molecular weight is 323 g/mol. The molecular formula is C14H12BrFN2O.